The van der Waals surface area contributed by atoms with Crippen LogP contribution in [0.15, 0.2) is 24.3 Å². The Kier molecular flexibility index (Phi) is 5.47. The van der Waals surface area contributed by atoms with E-state index >= 15 is 0 Å². The molecule has 2 rings (SSSR count). The first kappa shape index (κ1) is 15.7. The molecule has 1 aromatic heterocycles. The minimum atomic E-state index is -0.190. The first-order valence-corrected chi connectivity index (χ1v) is 7.09. The van der Waals surface area contributed by atoms with Gasteiger partial charge in [0.2, 0.25) is 0 Å². The molecule has 0 spiro atoms. The number of nitrogens with zero attached hydrogens (tertiary/aromatic N) is 2. The van der Waals surface area contributed by atoms with Crippen molar-refractivity contribution in [2.24, 2.45) is 0 Å². The van der Waals surface area contributed by atoms with Gasteiger partial charge in [0.05, 0.1) is 18.8 Å². The van der Waals surface area contributed by atoms with E-state index in [0.29, 0.717) is 18.7 Å². The number of hydrogen-bond acceptors (Lipinski definition) is 3. The van der Waals surface area contributed by atoms with Crippen LogP contribution in [0.4, 0.5) is 4.39 Å². The first-order valence-electron chi connectivity index (χ1n) is 7.09. The Morgan fingerprint density at radius 2 is 2.05 bits per heavy atom. The highest BCUT2D eigenvalue weighted by Gasteiger charge is 2.12. The molecule has 1 heterocycles. The fourth-order valence-electron chi connectivity index (χ4n) is 2.32. The highest BCUT2D eigenvalue weighted by atomic mass is 19.1. The molecule has 0 aliphatic heterocycles. The molecule has 0 saturated heterocycles. The number of aryl methyl sites for hydroxylation is 1. The van der Waals surface area contributed by atoms with Crippen LogP contribution in [0.25, 0.3) is 0 Å². The fourth-order valence-corrected chi connectivity index (χ4v) is 2.32. The van der Waals surface area contributed by atoms with Gasteiger partial charge in [-0.15, -0.1) is 0 Å². The molecule has 0 atom stereocenters. The van der Waals surface area contributed by atoms with E-state index in [-0.39, 0.29) is 5.82 Å². The zero-order chi connectivity index (χ0) is 15.2. The van der Waals surface area contributed by atoms with Crippen molar-refractivity contribution < 1.29 is 9.13 Å². The summed E-state index contributed by atoms with van der Waals surface area (Å²) in [5, 5.41) is 7.84. The molecule has 4 nitrogen and oxygen atoms in total. The Hall–Kier alpha value is -1.72. The summed E-state index contributed by atoms with van der Waals surface area (Å²) in [4.78, 5) is 0. The summed E-state index contributed by atoms with van der Waals surface area (Å²) in [6.07, 6.45) is 0. The van der Waals surface area contributed by atoms with Crippen LogP contribution in [0.3, 0.4) is 0 Å². The summed E-state index contributed by atoms with van der Waals surface area (Å²) in [7, 11) is 1.69. The second-order valence-electron chi connectivity index (χ2n) is 5.07. The highest BCUT2D eigenvalue weighted by molar-refractivity contribution is 5.26. The molecule has 0 amide bonds. The van der Waals surface area contributed by atoms with Gasteiger partial charge in [-0.25, -0.2) is 4.39 Å². The van der Waals surface area contributed by atoms with Gasteiger partial charge in [0.1, 0.15) is 5.82 Å². The van der Waals surface area contributed by atoms with Crippen LogP contribution in [0.2, 0.25) is 0 Å². The van der Waals surface area contributed by atoms with Gasteiger partial charge < -0.3 is 10.1 Å². The van der Waals surface area contributed by atoms with Crippen LogP contribution in [-0.4, -0.2) is 30.0 Å². The summed E-state index contributed by atoms with van der Waals surface area (Å²) in [6.45, 7) is 6.69. The lowest BCUT2D eigenvalue weighted by Gasteiger charge is -2.07. The highest BCUT2D eigenvalue weighted by Crippen LogP contribution is 2.16. The molecule has 0 fully saturated rings. The number of hydrogen-bond donors (Lipinski definition) is 1. The van der Waals surface area contributed by atoms with Crippen LogP contribution < -0.4 is 5.32 Å². The number of rotatable bonds is 7. The molecule has 0 aliphatic rings. The Labute approximate surface area is 124 Å². The molecule has 0 bridgehead atoms. The molecule has 1 N–H and O–H groups in total. The third-order valence-corrected chi connectivity index (χ3v) is 3.59. The predicted molar refractivity (Wildman–Crippen MR) is 80.8 cm³/mol. The summed E-state index contributed by atoms with van der Waals surface area (Å²) < 4.78 is 20.6. The number of nitrogens with one attached hydrogen (secondary N) is 1. The van der Waals surface area contributed by atoms with Gasteiger partial charge in [-0.1, -0.05) is 18.2 Å². The third-order valence-electron chi connectivity index (χ3n) is 3.59. The first-order chi connectivity index (χ1) is 10.1. The van der Waals surface area contributed by atoms with E-state index in [0.717, 1.165) is 24.5 Å². The van der Waals surface area contributed by atoms with Gasteiger partial charge >= 0.3 is 0 Å². The topological polar surface area (TPSA) is 39.1 Å². The SMILES string of the molecule is COCCNCc1c(C)nn(Cc2ccccc2F)c1C. The van der Waals surface area contributed by atoms with E-state index < -0.39 is 0 Å². The summed E-state index contributed by atoms with van der Waals surface area (Å²) >= 11 is 0. The summed E-state index contributed by atoms with van der Waals surface area (Å²) in [5.41, 5.74) is 3.87. The van der Waals surface area contributed by atoms with Crippen molar-refractivity contribution in [2.45, 2.75) is 26.9 Å². The Balaban J connectivity index is 2.10. The Bertz CT molecular complexity index is 595. The number of methoxy groups -OCH3 is 1. The zero-order valence-electron chi connectivity index (χ0n) is 12.8. The normalized spacial score (nSPS) is 11.0. The van der Waals surface area contributed by atoms with Crippen molar-refractivity contribution in [2.75, 3.05) is 20.3 Å². The van der Waals surface area contributed by atoms with Gasteiger partial charge in [-0.3, -0.25) is 4.68 Å². The van der Waals surface area contributed by atoms with Crippen molar-refractivity contribution in [3.63, 3.8) is 0 Å². The van der Waals surface area contributed by atoms with Crippen LogP contribution in [0.5, 0.6) is 0 Å². The van der Waals surface area contributed by atoms with E-state index in [1.807, 2.05) is 24.6 Å². The van der Waals surface area contributed by atoms with Gasteiger partial charge in [-0.2, -0.15) is 5.10 Å². The average Bonchev–Trinajstić information content (AvgIpc) is 2.73. The summed E-state index contributed by atoms with van der Waals surface area (Å²) in [5.74, 6) is -0.190. The average molecular weight is 291 g/mol. The largest absolute Gasteiger partial charge is 0.383 e. The number of halogens is 1. The fraction of sp³-hybridized carbons (Fsp3) is 0.438. The van der Waals surface area contributed by atoms with Crippen molar-refractivity contribution in [1.29, 1.82) is 0 Å². The second kappa shape index (κ2) is 7.33. The summed E-state index contributed by atoms with van der Waals surface area (Å²) in [6, 6.07) is 6.82. The molecular weight excluding hydrogens is 269 g/mol. The number of benzene rings is 1. The van der Waals surface area contributed by atoms with Crippen LogP contribution in [-0.2, 0) is 17.8 Å². The number of aromatic nitrogens is 2. The molecular formula is C16H22FN3O. The maximum Gasteiger partial charge on any atom is 0.128 e. The third kappa shape index (κ3) is 3.89. The lowest BCUT2D eigenvalue weighted by atomic mass is 10.2. The molecule has 0 aliphatic carbocycles. The van der Waals surface area contributed by atoms with Gasteiger partial charge in [-0.05, 0) is 19.9 Å². The van der Waals surface area contributed by atoms with E-state index in [2.05, 4.69) is 10.4 Å². The molecule has 114 valence electrons. The van der Waals surface area contributed by atoms with Gasteiger partial charge in [0, 0.05) is 37.0 Å². The van der Waals surface area contributed by atoms with E-state index in [4.69, 9.17) is 4.74 Å². The van der Waals surface area contributed by atoms with E-state index in [1.54, 1.807) is 19.2 Å². The monoisotopic (exact) mass is 291 g/mol. The quantitative estimate of drug-likeness (QED) is 0.796. The number of ether oxygens (including phenoxy) is 1. The van der Waals surface area contributed by atoms with Crippen molar-refractivity contribution in [3.05, 3.63) is 52.6 Å². The standard InChI is InChI=1S/C16H22FN3O/c1-12-15(10-18-8-9-21-3)13(2)20(19-12)11-14-6-4-5-7-16(14)17/h4-7,18H,8-11H2,1-3H3. The zero-order valence-corrected chi connectivity index (χ0v) is 12.8. The molecule has 0 saturated carbocycles. The Morgan fingerprint density at radius 3 is 2.76 bits per heavy atom. The van der Waals surface area contributed by atoms with Crippen molar-refractivity contribution >= 4 is 0 Å². The smallest absolute Gasteiger partial charge is 0.128 e. The lowest BCUT2D eigenvalue weighted by Crippen LogP contribution is -2.19. The molecule has 2 aromatic rings. The predicted octanol–water partition coefficient (Wildman–Crippen LogP) is 2.42. The van der Waals surface area contributed by atoms with Gasteiger partial charge in [0.25, 0.3) is 0 Å². The van der Waals surface area contributed by atoms with E-state index in [9.17, 15) is 4.39 Å². The van der Waals surface area contributed by atoms with Crippen LogP contribution >= 0.6 is 0 Å². The molecule has 5 heteroatoms. The van der Waals surface area contributed by atoms with Crippen LogP contribution in [0, 0.1) is 19.7 Å². The lowest BCUT2D eigenvalue weighted by molar-refractivity contribution is 0.199. The van der Waals surface area contributed by atoms with Crippen LogP contribution in [0.1, 0.15) is 22.5 Å². The van der Waals surface area contributed by atoms with E-state index in [1.165, 1.54) is 11.6 Å². The Morgan fingerprint density at radius 1 is 1.29 bits per heavy atom. The van der Waals surface area contributed by atoms with Crippen molar-refractivity contribution in [1.82, 2.24) is 15.1 Å². The maximum atomic E-state index is 13.7. The molecule has 1 aromatic carbocycles. The van der Waals surface area contributed by atoms with Gasteiger partial charge in [0.15, 0.2) is 0 Å². The second-order valence-corrected chi connectivity index (χ2v) is 5.07. The molecule has 21 heavy (non-hydrogen) atoms. The maximum absolute atomic E-state index is 13.7. The minimum absolute atomic E-state index is 0.190. The minimum Gasteiger partial charge on any atom is -0.383 e. The van der Waals surface area contributed by atoms with Crippen molar-refractivity contribution in [3.8, 4) is 0 Å². The molecule has 0 radical (unpaired) electrons. The molecule has 0 unspecified atom stereocenters.